The van der Waals surface area contributed by atoms with Gasteiger partial charge in [-0.1, -0.05) is 31.0 Å². The SMILES string of the molecule is Cc1ccccc1N1CC(=O)NC2(CCCC2)C1=O. The second-order valence-electron chi connectivity index (χ2n) is 5.52. The Bertz CT molecular complexity index is 533. The van der Waals surface area contributed by atoms with E-state index in [0.29, 0.717) is 0 Å². The van der Waals surface area contributed by atoms with E-state index in [0.717, 1.165) is 36.9 Å². The predicted molar refractivity (Wildman–Crippen MR) is 72.9 cm³/mol. The van der Waals surface area contributed by atoms with Crippen LogP contribution in [0.3, 0.4) is 0 Å². The Labute approximate surface area is 112 Å². The van der Waals surface area contributed by atoms with Gasteiger partial charge in [-0.25, -0.2) is 0 Å². The van der Waals surface area contributed by atoms with Crippen LogP contribution in [-0.4, -0.2) is 23.9 Å². The van der Waals surface area contributed by atoms with Gasteiger partial charge in [0.05, 0.1) is 0 Å². The number of rotatable bonds is 1. The first-order chi connectivity index (χ1) is 9.12. The van der Waals surface area contributed by atoms with E-state index in [1.165, 1.54) is 0 Å². The summed E-state index contributed by atoms with van der Waals surface area (Å²) < 4.78 is 0. The fourth-order valence-corrected chi connectivity index (χ4v) is 3.21. The van der Waals surface area contributed by atoms with Crippen molar-refractivity contribution >= 4 is 17.5 Å². The number of para-hydroxylation sites is 1. The molecular weight excluding hydrogens is 240 g/mol. The van der Waals surface area contributed by atoms with Crippen LogP contribution in [-0.2, 0) is 9.59 Å². The molecule has 1 aromatic carbocycles. The molecule has 2 aliphatic rings. The minimum absolute atomic E-state index is 0.0512. The van der Waals surface area contributed by atoms with Crippen molar-refractivity contribution in [1.29, 1.82) is 0 Å². The van der Waals surface area contributed by atoms with Gasteiger partial charge in [-0.05, 0) is 31.4 Å². The van der Waals surface area contributed by atoms with Gasteiger partial charge in [-0.15, -0.1) is 0 Å². The predicted octanol–water partition coefficient (Wildman–Crippen LogP) is 1.77. The van der Waals surface area contributed by atoms with Crippen molar-refractivity contribution < 1.29 is 9.59 Å². The molecule has 19 heavy (non-hydrogen) atoms. The van der Waals surface area contributed by atoms with Gasteiger partial charge in [0.25, 0.3) is 5.91 Å². The first kappa shape index (κ1) is 12.2. The number of anilines is 1. The van der Waals surface area contributed by atoms with Gasteiger partial charge in [0, 0.05) is 5.69 Å². The summed E-state index contributed by atoms with van der Waals surface area (Å²) in [4.78, 5) is 26.4. The van der Waals surface area contributed by atoms with E-state index < -0.39 is 5.54 Å². The van der Waals surface area contributed by atoms with Gasteiger partial charge in [0.15, 0.2) is 0 Å². The van der Waals surface area contributed by atoms with E-state index in [-0.39, 0.29) is 18.4 Å². The Hall–Kier alpha value is -1.84. The summed E-state index contributed by atoms with van der Waals surface area (Å²) in [6.45, 7) is 2.10. The minimum Gasteiger partial charge on any atom is -0.340 e. The molecule has 0 bridgehead atoms. The van der Waals surface area contributed by atoms with Crippen molar-refractivity contribution in [3.05, 3.63) is 29.8 Å². The number of hydrogen-bond acceptors (Lipinski definition) is 2. The highest BCUT2D eigenvalue weighted by Crippen LogP contribution is 2.35. The van der Waals surface area contributed by atoms with Crippen LogP contribution in [0, 0.1) is 6.92 Å². The molecule has 1 N–H and O–H groups in total. The normalized spacial score (nSPS) is 21.8. The maximum absolute atomic E-state index is 12.8. The van der Waals surface area contributed by atoms with Crippen LogP contribution in [0.4, 0.5) is 5.69 Å². The molecule has 1 aliphatic heterocycles. The number of piperazine rings is 1. The van der Waals surface area contributed by atoms with Crippen LogP contribution in [0.2, 0.25) is 0 Å². The average molecular weight is 258 g/mol. The number of benzene rings is 1. The number of hydrogen-bond donors (Lipinski definition) is 1. The molecule has 0 unspecified atom stereocenters. The molecule has 3 rings (SSSR count). The van der Waals surface area contributed by atoms with Crippen molar-refractivity contribution in [2.75, 3.05) is 11.4 Å². The fourth-order valence-electron chi connectivity index (χ4n) is 3.21. The standard InChI is InChI=1S/C15H18N2O2/c1-11-6-2-3-7-12(11)17-10-13(18)16-15(14(17)19)8-4-5-9-15/h2-3,6-7H,4-5,8-10H2,1H3,(H,16,18). The van der Waals surface area contributed by atoms with Crippen LogP contribution >= 0.6 is 0 Å². The van der Waals surface area contributed by atoms with Gasteiger partial charge in [0.1, 0.15) is 12.1 Å². The van der Waals surface area contributed by atoms with Crippen molar-refractivity contribution in [1.82, 2.24) is 5.32 Å². The molecule has 1 saturated heterocycles. The van der Waals surface area contributed by atoms with Crippen LogP contribution in [0.15, 0.2) is 24.3 Å². The molecular formula is C15H18N2O2. The Morgan fingerprint density at radius 3 is 2.53 bits per heavy atom. The average Bonchev–Trinajstić information content (AvgIpc) is 2.84. The monoisotopic (exact) mass is 258 g/mol. The van der Waals surface area contributed by atoms with E-state index >= 15 is 0 Å². The largest absolute Gasteiger partial charge is 0.340 e. The topological polar surface area (TPSA) is 49.4 Å². The summed E-state index contributed by atoms with van der Waals surface area (Å²) in [5, 5.41) is 2.93. The van der Waals surface area contributed by atoms with Gasteiger partial charge in [-0.2, -0.15) is 0 Å². The second-order valence-corrected chi connectivity index (χ2v) is 5.52. The zero-order valence-electron chi connectivity index (χ0n) is 11.1. The van der Waals surface area contributed by atoms with E-state index in [1.54, 1.807) is 4.90 Å². The lowest BCUT2D eigenvalue weighted by Gasteiger charge is -2.40. The summed E-state index contributed by atoms with van der Waals surface area (Å²) in [6, 6.07) is 7.73. The van der Waals surface area contributed by atoms with E-state index in [9.17, 15) is 9.59 Å². The lowest BCUT2D eigenvalue weighted by atomic mass is 9.92. The number of carbonyl (C=O) groups is 2. The molecule has 2 amide bonds. The Morgan fingerprint density at radius 1 is 1.16 bits per heavy atom. The molecule has 0 radical (unpaired) electrons. The summed E-state index contributed by atoms with van der Waals surface area (Å²) in [5.41, 5.74) is 1.24. The molecule has 1 spiro atoms. The maximum Gasteiger partial charge on any atom is 0.253 e. The molecule has 1 aromatic rings. The van der Waals surface area contributed by atoms with Gasteiger partial charge >= 0.3 is 0 Å². The molecule has 100 valence electrons. The van der Waals surface area contributed by atoms with Crippen LogP contribution < -0.4 is 10.2 Å². The highest BCUT2D eigenvalue weighted by molar-refractivity contribution is 6.09. The first-order valence-corrected chi connectivity index (χ1v) is 6.81. The molecule has 1 heterocycles. The smallest absolute Gasteiger partial charge is 0.253 e. The minimum atomic E-state index is -0.641. The van der Waals surface area contributed by atoms with Crippen molar-refractivity contribution in [2.45, 2.75) is 38.1 Å². The third-order valence-corrected chi connectivity index (χ3v) is 4.20. The van der Waals surface area contributed by atoms with Crippen LogP contribution in [0.1, 0.15) is 31.2 Å². The Kier molecular flexibility index (Phi) is 2.81. The molecule has 4 heteroatoms. The molecule has 0 atom stereocenters. The van der Waals surface area contributed by atoms with Crippen molar-refractivity contribution in [2.24, 2.45) is 0 Å². The maximum atomic E-state index is 12.8. The number of aryl methyl sites for hydroxylation is 1. The van der Waals surface area contributed by atoms with E-state index in [1.807, 2.05) is 31.2 Å². The van der Waals surface area contributed by atoms with Crippen molar-refractivity contribution in [3.63, 3.8) is 0 Å². The second kappa shape index (κ2) is 4.37. The third-order valence-electron chi connectivity index (χ3n) is 4.20. The Morgan fingerprint density at radius 2 is 1.84 bits per heavy atom. The van der Waals surface area contributed by atoms with E-state index in [2.05, 4.69) is 5.32 Å². The number of amides is 2. The quantitative estimate of drug-likeness (QED) is 0.834. The zero-order valence-corrected chi connectivity index (χ0v) is 11.1. The fraction of sp³-hybridized carbons (Fsp3) is 0.467. The molecule has 2 fully saturated rings. The highest BCUT2D eigenvalue weighted by atomic mass is 16.2. The van der Waals surface area contributed by atoms with Gasteiger partial charge < -0.3 is 10.2 Å². The van der Waals surface area contributed by atoms with Crippen molar-refractivity contribution in [3.8, 4) is 0 Å². The summed E-state index contributed by atoms with van der Waals surface area (Å²) in [6.07, 6.45) is 3.54. The first-order valence-electron chi connectivity index (χ1n) is 6.81. The molecule has 1 saturated carbocycles. The van der Waals surface area contributed by atoms with Crippen LogP contribution in [0.25, 0.3) is 0 Å². The number of nitrogens with one attached hydrogen (secondary N) is 1. The van der Waals surface area contributed by atoms with Gasteiger partial charge in [0.2, 0.25) is 5.91 Å². The van der Waals surface area contributed by atoms with E-state index in [4.69, 9.17) is 0 Å². The van der Waals surface area contributed by atoms with Crippen LogP contribution in [0.5, 0.6) is 0 Å². The number of nitrogens with zero attached hydrogens (tertiary/aromatic N) is 1. The lowest BCUT2D eigenvalue weighted by molar-refractivity contribution is -0.135. The summed E-state index contributed by atoms with van der Waals surface area (Å²) in [5.74, 6) is 0.00338. The third kappa shape index (κ3) is 1.91. The molecule has 4 nitrogen and oxygen atoms in total. The summed E-state index contributed by atoms with van der Waals surface area (Å²) >= 11 is 0. The number of carbonyl (C=O) groups excluding carboxylic acids is 2. The zero-order chi connectivity index (χ0) is 13.5. The Balaban J connectivity index is 1.99. The molecule has 1 aliphatic carbocycles. The summed E-state index contributed by atoms with van der Waals surface area (Å²) in [7, 11) is 0. The molecule has 0 aromatic heterocycles. The van der Waals surface area contributed by atoms with Gasteiger partial charge in [-0.3, -0.25) is 9.59 Å². The highest BCUT2D eigenvalue weighted by Gasteiger charge is 2.48. The lowest BCUT2D eigenvalue weighted by Crippen LogP contribution is -2.65.